The Bertz CT molecular complexity index is 796. The second-order valence-corrected chi connectivity index (χ2v) is 9.43. The summed E-state index contributed by atoms with van der Waals surface area (Å²) in [4.78, 5) is 11.5. The van der Waals surface area contributed by atoms with Crippen LogP contribution in [0.15, 0.2) is 34.6 Å². The number of nitrogens with zero attached hydrogens (tertiary/aromatic N) is 3. The summed E-state index contributed by atoms with van der Waals surface area (Å²) in [6.07, 6.45) is 2.26. The molecule has 1 aliphatic heterocycles. The Kier molecular flexibility index (Phi) is 10.5. The zero-order chi connectivity index (χ0) is 20.6. The van der Waals surface area contributed by atoms with E-state index in [4.69, 9.17) is 0 Å². The van der Waals surface area contributed by atoms with Crippen molar-refractivity contribution in [3.05, 3.63) is 51.5 Å². The van der Waals surface area contributed by atoms with Crippen molar-refractivity contribution in [2.24, 2.45) is 16.8 Å². The minimum absolute atomic E-state index is 0. The lowest BCUT2D eigenvalue weighted by molar-refractivity contribution is 0.134. The number of hydrogen-bond donors (Lipinski definition) is 2. The van der Waals surface area contributed by atoms with Gasteiger partial charge in [0, 0.05) is 51.6 Å². The van der Waals surface area contributed by atoms with E-state index >= 15 is 0 Å². The highest BCUT2D eigenvalue weighted by Gasteiger charge is 2.22. The lowest BCUT2D eigenvalue weighted by atomic mass is 9.91. The summed E-state index contributed by atoms with van der Waals surface area (Å²) >= 11 is 1.70. The summed E-state index contributed by atoms with van der Waals surface area (Å²) in [6, 6.07) is 8.77. The van der Waals surface area contributed by atoms with Gasteiger partial charge in [0.2, 0.25) is 0 Å². The van der Waals surface area contributed by atoms with Crippen LogP contribution in [0.2, 0.25) is 0 Å². The van der Waals surface area contributed by atoms with E-state index in [1.54, 1.807) is 11.3 Å². The highest BCUT2D eigenvalue weighted by molar-refractivity contribution is 14.0. The Morgan fingerprint density at radius 3 is 2.50 bits per heavy atom. The summed E-state index contributed by atoms with van der Waals surface area (Å²) in [7, 11) is 1.82. The van der Waals surface area contributed by atoms with Gasteiger partial charge in [-0.15, -0.1) is 35.3 Å². The number of guanidine groups is 1. The lowest BCUT2D eigenvalue weighted by Crippen LogP contribution is -2.39. The van der Waals surface area contributed by atoms with Crippen LogP contribution in [-0.2, 0) is 19.5 Å². The average molecular weight is 542 g/mol. The number of hydrogen-bond acceptors (Lipinski definition) is 4. The predicted molar refractivity (Wildman–Crippen MR) is 139 cm³/mol. The van der Waals surface area contributed by atoms with Crippen LogP contribution in [0, 0.1) is 18.8 Å². The van der Waals surface area contributed by atoms with Crippen LogP contribution in [0.3, 0.4) is 0 Å². The Labute approximate surface area is 202 Å². The van der Waals surface area contributed by atoms with E-state index in [1.807, 2.05) is 14.0 Å². The molecule has 0 saturated carbocycles. The van der Waals surface area contributed by atoms with E-state index in [0.717, 1.165) is 54.6 Å². The van der Waals surface area contributed by atoms with Crippen molar-refractivity contribution in [2.45, 2.75) is 46.7 Å². The normalized spacial score (nSPS) is 19.9. The fourth-order valence-electron chi connectivity index (χ4n) is 4.28. The smallest absolute Gasteiger partial charge is 0.191 e. The van der Waals surface area contributed by atoms with Crippen LogP contribution in [-0.4, -0.2) is 42.5 Å². The lowest BCUT2D eigenvalue weighted by Gasteiger charge is -2.35. The first kappa shape index (κ1) is 25.1. The second kappa shape index (κ2) is 12.6. The fraction of sp³-hybridized carbons (Fsp3) is 0.565. The third-order valence-electron chi connectivity index (χ3n) is 5.47. The number of likely N-dealkylation sites (tertiary alicyclic amines) is 1. The Hall–Kier alpha value is -1.19. The molecule has 2 aromatic rings. The number of nitrogens with one attached hydrogen (secondary N) is 2. The molecule has 1 aromatic heterocycles. The van der Waals surface area contributed by atoms with Crippen LogP contribution >= 0.6 is 35.3 Å². The quantitative estimate of drug-likeness (QED) is 0.309. The van der Waals surface area contributed by atoms with E-state index in [9.17, 15) is 0 Å². The molecule has 0 spiro atoms. The van der Waals surface area contributed by atoms with Gasteiger partial charge in [-0.25, -0.2) is 4.98 Å². The van der Waals surface area contributed by atoms with Gasteiger partial charge in [-0.2, -0.15) is 0 Å². The predicted octanol–water partition coefficient (Wildman–Crippen LogP) is 4.46. The van der Waals surface area contributed by atoms with Crippen molar-refractivity contribution in [2.75, 3.05) is 26.7 Å². The molecule has 2 atom stereocenters. The molecule has 30 heavy (non-hydrogen) atoms. The molecule has 2 unspecified atom stereocenters. The van der Waals surface area contributed by atoms with E-state index in [2.05, 4.69) is 69.0 Å². The molecule has 0 amide bonds. The number of benzene rings is 1. The first-order chi connectivity index (χ1) is 14.0. The maximum atomic E-state index is 4.52. The summed E-state index contributed by atoms with van der Waals surface area (Å²) in [5.74, 6) is 2.41. The summed E-state index contributed by atoms with van der Waals surface area (Å²) in [5, 5.41) is 10.1. The number of aliphatic imine (C=N–C) groups is 1. The number of aryl methyl sites for hydroxylation is 1. The average Bonchev–Trinajstić information content (AvgIpc) is 3.10. The highest BCUT2D eigenvalue weighted by Crippen LogP contribution is 2.23. The molecule has 3 rings (SSSR count). The molecular formula is C23H36IN5S. The minimum Gasteiger partial charge on any atom is -0.356 e. The van der Waals surface area contributed by atoms with E-state index in [1.165, 1.54) is 30.6 Å². The maximum Gasteiger partial charge on any atom is 0.191 e. The highest BCUT2D eigenvalue weighted by atomic mass is 127. The standard InChI is InChI=1S/C23H35N5S.HI/c1-17-11-18(2)14-28(13-17)15-21-8-6-5-7-20(21)12-26-23(24-4)25-10-9-22-16-29-19(3)27-22;/h5-8,16-18H,9-15H2,1-4H3,(H2,24,25,26);1H. The third kappa shape index (κ3) is 7.81. The van der Waals surface area contributed by atoms with Gasteiger partial charge in [0.05, 0.1) is 10.7 Å². The zero-order valence-electron chi connectivity index (χ0n) is 18.6. The molecular weight excluding hydrogens is 505 g/mol. The number of thiazole rings is 1. The molecule has 2 heterocycles. The van der Waals surface area contributed by atoms with Crippen LogP contribution in [0.1, 0.15) is 42.1 Å². The molecule has 7 heteroatoms. The number of piperidine rings is 1. The van der Waals surface area contributed by atoms with Gasteiger partial charge in [-0.1, -0.05) is 38.1 Å². The molecule has 5 nitrogen and oxygen atoms in total. The van der Waals surface area contributed by atoms with Crippen LogP contribution in [0.5, 0.6) is 0 Å². The first-order valence-corrected chi connectivity index (χ1v) is 11.6. The van der Waals surface area contributed by atoms with Gasteiger partial charge in [-0.05, 0) is 36.3 Å². The second-order valence-electron chi connectivity index (χ2n) is 8.37. The molecule has 2 N–H and O–H groups in total. The van der Waals surface area contributed by atoms with E-state index in [0.29, 0.717) is 0 Å². The van der Waals surface area contributed by atoms with Crippen LogP contribution in [0.4, 0.5) is 0 Å². The van der Waals surface area contributed by atoms with Gasteiger partial charge in [0.1, 0.15) is 0 Å². The summed E-state index contributed by atoms with van der Waals surface area (Å²) < 4.78 is 0. The first-order valence-electron chi connectivity index (χ1n) is 10.7. The van der Waals surface area contributed by atoms with Gasteiger partial charge in [-0.3, -0.25) is 9.89 Å². The fourth-order valence-corrected chi connectivity index (χ4v) is 4.92. The number of aromatic nitrogens is 1. The maximum absolute atomic E-state index is 4.52. The van der Waals surface area contributed by atoms with Gasteiger partial charge in [0.25, 0.3) is 0 Å². The van der Waals surface area contributed by atoms with Crippen LogP contribution in [0.25, 0.3) is 0 Å². The molecule has 0 aliphatic carbocycles. The largest absolute Gasteiger partial charge is 0.356 e. The van der Waals surface area contributed by atoms with Gasteiger partial charge in [0.15, 0.2) is 5.96 Å². The molecule has 1 aromatic carbocycles. The zero-order valence-corrected chi connectivity index (χ0v) is 21.8. The third-order valence-corrected chi connectivity index (χ3v) is 6.29. The van der Waals surface area contributed by atoms with Gasteiger partial charge >= 0.3 is 0 Å². The summed E-state index contributed by atoms with van der Waals surface area (Å²) in [5.41, 5.74) is 3.90. The van der Waals surface area contributed by atoms with E-state index < -0.39 is 0 Å². The van der Waals surface area contributed by atoms with Crippen molar-refractivity contribution in [3.8, 4) is 0 Å². The SMILES string of the molecule is CN=C(NCCc1csc(C)n1)NCc1ccccc1CN1CC(C)CC(C)C1.I. The topological polar surface area (TPSA) is 52.6 Å². The number of halogens is 1. The molecule has 1 aliphatic rings. The van der Waals surface area contributed by atoms with Gasteiger partial charge < -0.3 is 10.6 Å². The molecule has 166 valence electrons. The van der Waals surface area contributed by atoms with E-state index in [-0.39, 0.29) is 24.0 Å². The molecule has 0 radical (unpaired) electrons. The van der Waals surface area contributed by atoms with Crippen molar-refractivity contribution >= 4 is 41.3 Å². The number of rotatable bonds is 7. The minimum atomic E-state index is 0. The summed E-state index contributed by atoms with van der Waals surface area (Å²) in [6.45, 7) is 11.8. The van der Waals surface area contributed by atoms with Crippen LogP contribution < -0.4 is 10.6 Å². The van der Waals surface area contributed by atoms with Crippen molar-refractivity contribution < 1.29 is 0 Å². The molecule has 1 fully saturated rings. The van der Waals surface area contributed by atoms with Crippen molar-refractivity contribution in [1.29, 1.82) is 0 Å². The molecule has 0 bridgehead atoms. The Morgan fingerprint density at radius 1 is 1.17 bits per heavy atom. The Balaban J connectivity index is 0.00000320. The van der Waals surface area contributed by atoms with Crippen molar-refractivity contribution in [3.63, 3.8) is 0 Å². The molecule has 1 saturated heterocycles. The Morgan fingerprint density at radius 2 is 1.87 bits per heavy atom. The van der Waals surface area contributed by atoms with Crippen molar-refractivity contribution in [1.82, 2.24) is 20.5 Å². The monoisotopic (exact) mass is 541 g/mol.